The molecule has 0 heterocycles. The molecule has 3 rings (SSSR count). The number of carbonyl (C=O) groups is 3. The lowest BCUT2D eigenvalue weighted by atomic mass is 10.1. The molecule has 1 atom stereocenters. The van der Waals surface area contributed by atoms with Crippen molar-refractivity contribution in [3.63, 3.8) is 0 Å². The van der Waals surface area contributed by atoms with Gasteiger partial charge in [-0.2, -0.15) is 4.72 Å². The van der Waals surface area contributed by atoms with Crippen LogP contribution in [0.15, 0.2) is 89.8 Å². The Balaban J connectivity index is 0.000000261. The number of carbonyl (C=O) groups excluding carboxylic acids is 2. The van der Waals surface area contributed by atoms with E-state index in [-0.39, 0.29) is 23.0 Å². The predicted octanol–water partition coefficient (Wildman–Crippen LogP) is 2.14. The van der Waals surface area contributed by atoms with Crippen LogP contribution in [-0.2, 0) is 42.1 Å². The SMILES string of the molecule is COC(=O)c1ccccc1S(=O)(=O)NCC(=O)O.NC(Cc1ccccc1)C(=O)OCc1ccccc1. The van der Waals surface area contributed by atoms with E-state index in [4.69, 9.17) is 15.6 Å². The number of esters is 2. The van der Waals surface area contributed by atoms with Crippen molar-refractivity contribution < 1.29 is 37.4 Å². The van der Waals surface area contributed by atoms with Gasteiger partial charge >= 0.3 is 17.9 Å². The molecule has 0 aliphatic rings. The minimum absolute atomic E-state index is 0.155. The van der Waals surface area contributed by atoms with Gasteiger partial charge in [0.15, 0.2) is 0 Å². The third kappa shape index (κ3) is 9.84. The summed E-state index contributed by atoms with van der Waals surface area (Å²) < 4.78 is 35.1. The maximum absolute atomic E-state index is 11.8. The van der Waals surface area contributed by atoms with Crippen LogP contribution >= 0.6 is 0 Å². The Hall–Kier alpha value is -4.06. The highest BCUT2D eigenvalue weighted by molar-refractivity contribution is 7.89. The van der Waals surface area contributed by atoms with Gasteiger partial charge in [0.05, 0.1) is 17.6 Å². The summed E-state index contributed by atoms with van der Waals surface area (Å²) >= 11 is 0. The predicted molar refractivity (Wildman–Crippen MR) is 135 cm³/mol. The Morgan fingerprint density at radius 3 is 2.00 bits per heavy atom. The van der Waals surface area contributed by atoms with Crippen molar-refractivity contribution in [2.24, 2.45) is 5.73 Å². The Labute approximate surface area is 215 Å². The lowest BCUT2D eigenvalue weighted by molar-refractivity contribution is -0.146. The van der Waals surface area contributed by atoms with E-state index in [0.29, 0.717) is 6.42 Å². The number of benzene rings is 3. The monoisotopic (exact) mass is 528 g/mol. The number of methoxy groups -OCH3 is 1. The Morgan fingerprint density at radius 2 is 1.43 bits per heavy atom. The van der Waals surface area contributed by atoms with Crippen LogP contribution in [-0.4, -0.2) is 51.1 Å². The van der Waals surface area contributed by atoms with E-state index in [1.54, 1.807) is 0 Å². The van der Waals surface area contributed by atoms with Gasteiger partial charge in [-0.3, -0.25) is 9.59 Å². The molecule has 4 N–H and O–H groups in total. The summed E-state index contributed by atoms with van der Waals surface area (Å²) in [7, 11) is -2.95. The van der Waals surface area contributed by atoms with Gasteiger partial charge in [0.2, 0.25) is 10.0 Å². The molecule has 11 heteroatoms. The molecular weight excluding hydrogens is 500 g/mol. The van der Waals surface area contributed by atoms with E-state index in [1.165, 1.54) is 24.3 Å². The number of carboxylic acids is 1. The van der Waals surface area contributed by atoms with Crippen LogP contribution in [0.5, 0.6) is 0 Å². The van der Waals surface area contributed by atoms with Gasteiger partial charge in [-0.05, 0) is 29.7 Å². The first-order chi connectivity index (χ1) is 17.6. The van der Waals surface area contributed by atoms with Crippen LogP contribution in [0.4, 0.5) is 0 Å². The maximum atomic E-state index is 11.8. The van der Waals surface area contributed by atoms with Crippen LogP contribution in [0.2, 0.25) is 0 Å². The third-order valence-electron chi connectivity index (χ3n) is 4.82. The van der Waals surface area contributed by atoms with Gasteiger partial charge in [0.1, 0.15) is 19.2 Å². The van der Waals surface area contributed by atoms with Crippen LogP contribution in [0.25, 0.3) is 0 Å². The van der Waals surface area contributed by atoms with Crippen LogP contribution in [0.1, 0.15) is 21.5 Å². The summed E-state index contributed by atoms with van der Waals surface area (Å²) in [6.45, 7) is -0.500. The molecule has 0 spiro atoms. The number of rotatable bonds is 10. The average molecular weight is 529 g/mol. The van der Waals surface area contributed by atoms with Crippen molar-refractivity contribution >= 4 is 27.9 Å². The van der Waals surface area contributed by atoms with E-state index < -0.39 is 34.5 Å². The van der Waals surface area contributed by atoms with Crippen LogP contribution in [0, 0.1) is 0 Å². The maximum Gasteiger partial charge on any atom is 0.339 e. The fraction of sp³-hybridized carbons (Fsp3) is 0.192. The molecule has 196 valence electrons. The molecule has 0 aliphatic carbocycles. The fourth-order valence-electron chi connectivity index (χ4n) is 3.00. The largest absolute Gasteiger partial charge is 0.480 e. The number of nitrogens with two attached hydrogens (primary N) is 1. The first kappa shape index (κ1) is 29.2. The number of sulfonamides is 1. The van der Waals surface area contributed by atoms with Gasteiger partial charge in [-0.25, -0.2) is 13.2 Å². The van der Waals surface area contributed by atoms with Gasteiger partial charge in [-0.1, -0.05) is 72.8 Å². The Bertz CT molecular complexity index is 1280. The van der Waals surface area contributed by atoms with Gasteiger partial charge < -0.3 is 20.3 Å². The van der Waals surface area contributed by atoms with E-state index in [1.807, 2.05) is 65.4 Å². The molecule has 37 heavy (non-hydrogen) atoms. The van der Waals surface area contributed by atoms with Crippen molar-refractivity contribution in [1.29, 1.82) is 0 Å². The van der Waals surface area contributed by atoms with Crippen molar-refractivity contribution in [1.82, 2.24) is 4.72 Å². The molecular formula is C26H28N2O8S. The molecule has 3 aromatic rings. The number of aliphatic carboxylic acids is 1. The quantitative estimate of drug-likeness (QED) is 0.335. The molecule has 0 aromatic heterocycles. The van der Waals surface area contributed by atoms with E-state index in [9.17, 15) is 22.8 Å². The van der Waals surface area contributed by atoms with E-state index in [2.05, 4.69) is 4.74 Å². The van der Waals surface area contributed by atoms with Gasteiger partial charge in [0.25, 0.3) is 0 Å². The smallest absolute Gasteiger partial charge is 0.339 e. The molecule has 0 saturated carbocycles. The van der Waals surface area contributed by atoms with Gasteiger partial charge in [0, 0.05) is 0 Å². The second-order valence-corrected chi connectivity index (χ2v) is 9.33. The minimum atomic E-state index is -4.07. The van der Waals surface area contributed by atoms with Crippen LogP contribution in [0.3, 0.4) is 0 Å². The topological polar surface area (TPSA) is 162 Å². The molecule has 0 bridgehead atoms. The number of ether oxygens (including phenoxy) is 2. The first-order valence-corrected chi connectivity index (χ1v) is 12.5. The number of nitrogens with one attached hydrogen (secondary N) is 1. The molecule has 1 unspecified atom stereocenters. The summed E-state index contributed by atoms with van der Waals surface area (Å²) in [4.78, 5) is 33.2. The van der Waals surface area contributed by atoms with E-state index in [0.717, 1.165) is 18.2 Å². The summed E-state index contributed by atoms with van der Waals surface area (Å²) in [5, 5.41) is 8.43. The average Bonchev–Trinajstić information content (AvgIpc) is 2.91. The number of carboxylic acid groups (broad SMARTS) is 1. The normalized spacial score (nSPS) is 11.4. The molecule has 3 aromatic carbocycles. The zero-order valence-electron chi connectivity index (χ0n) is 20.1. The lowest BCUT2D eigenvalue weighted by Crippen LogP contribution is -2.34. The molecule has 10 nitrogen and oxygen atoms in total. The third-order valence-corrected chi connectivity index (χ3v) is 6.28. The summed E-state index contributed by atoms with van der Waals surface area (Å²) in [6.07, 6.45) is 0.495. The summed E-state index contributed by atoms with van der Waals surface area (Å²) in [5.74, 6) is -2.51. The lowest BCUT2D eigenvalue weighted by Gasteiger charge is -2.11. The highest BCUT2D eigenvalue weighted by Gasteiger charge is 2.23. The van der Waals surface area contributed by atoms with Gasteiger partial charge in [-0.15, -0.1) is 0 Å². The zero-order valence-corrected chi connectivity index (χ0v) is 20.9. The summed E-state index contributed by atoms with van der Waals surface area (Å²) in [5.41, 5.74) is 7.68. The van der Waals surface area contributed by atoms with Crippen molar-refractivity contribution in [3.05, 3.63) is 102 Å². The van der Waals surface area contributed by atoms with Crippen molar-refractivity contribution in [2.75, 3.05) is 13.7 Å². The highest BCUT2D eigenvalue weighted by Crippen LogP contribution is 2.16. The Kier molecular flexibility index (Phi) is 11.4. The van der Waals surface area contributed by atoms with Crippen molar-refractivity contribution in [3.8, 4) is 0 Å². The molecule has 0 fully saturated rings. The highest BCUT2D eigenvalue weighted by atomic mass is 32.2. The summed E-state index contributed by atoms with van der Waals surface area (Å²) in [6, 6.07) is 24.0. The van der Waals surface area contributed by atoms with Crippen molar-refractivity contribution in [2.45, 2.75) is 24.0 Å². The second kappa shape index (κ2) is 14.5. The van der Waals surface area contributed by atoms with Crippen LogP contribution < -0.4 is 10.5 Å². The standard InChI is InChI=1S/C16H17NO2.C10H11NO6S/c17-15(11-13-7-3-1-4-8-13)16(18)19-12-14-9-5-2-6-10-14;1-17-10(14)7-4-2-3-5-8(7)18(15,16)11-6-9(12)13/h1-10,15H,11-12,17H2;2-5,11H,6H2,1H3,(H,12,13). The molecule has 0 aliphatic heterocycles. The fourth-order valence-corrected chi connectivity index (χ4v) is 4.17. The first-order valence-electron chi connectivity index (χ1n) is 11.0. The zero-order chi connectivity index (χ0) is 27.3. The molecule has 0 amide bonds. The number of hydrogen-bond donors (Lipinski definition) is 3. The minimum Gasteiger partial charge on any atom is -0.480 e. The second-order valence-electron chi connectivity index (χ2n) is 7.60. The Morgan fingerprint density at radius 1 is 0.892 bits per heavy atom. The number of hydrogen-bond acceptors (Lipinski definition) is 8. The molecule has 0 radical (unpaired) electrons. The molecule has 0 saturated heterocycles. The van der Waals surface area contributed by atoms with E-state index >= 15 is 0 Å².